The van der Waals surface area contributed by atoms with Crippen molar-refractivity contribution in [3.05, 3.63) is 42.5 Å². The van der Waals surface area contributed by atoms with Crippen LogP contribution in [-0.2, 0) is 0 Å². The molecule has 0 aliphatic carbocycles. The van der Waals surface area contributed by atoms with Gasteiger partial charge in [-0.05, 0) is 19.2 Å². The number of para-hydroxylation sites is 2. The molecule has 4 nitrogen and oxygen atoms in total. The summed E-state index contributed by atoms with van der Waals surface area (Å²) in [4.78, 5) is 0. The van der Waals surface area contributed by atoms with Crippen LogP contribution in [0.25, 0.3) is 11.1 Å². The lowest BCUT2D eigenvalue weighted by Crippen LogP contribution is -2.37. The number of methoxy groups -OCH3 is 1. The number of likely N-dealkylation sites (N-methyl/N-ethyl adjacent to an activating group) is 1. The Hall–Kier alpha value is -2.20. The molecule has 1 atom stereocenters. The van der Waals surface area contributed by atoms with Gasteiger partial charge in [0.15, 0.2) is 11.5 Å². The molecule has 1 unspecified atom stereocenters. The highest BCUT2D eigenvalue weighted by Gasteiger charge is 2.24. The minimum absolute atomic E-state index is 0.0124. The van der Waals surface area contributed by atoms with Gasteiger partial charge in [-0.3, -0.25) is 0 Å². The standard InChI is InChI=1S/C17H19NO3/c1-18-10-12-11-20-16-9-5-7-14(17(16)21-12)13-6-3-4-8-15(13)19-2/h3-9,12,18H,10-11H2,1-2H3. The number of hydrogen-bond acceptors (Lipinski definition) is 4. The van der Waals surface area contributed by atoms with Crippen LogP contribution in [0.4, 0.5) is 0 Å². The number of rotatable bonds is 4. The van der Waals surface area contributed by atoms with E-state index in [0.29, 0.717) is 6.61 Å². The van der Waals surface area contributed by atoms with Crippen LogP contribution in [0.15, 0.2) is 42.5 Å². The summed E-state index contributed by atoms with van der Waals surface area (Å²) in [5.41, 5.74) is 2.00. The molecular weight excluding hydrogens is 266 g/mol. The Kier molecular flexibility index (Phi) is 3.97. The lowest BCUT2D eigenvalue weighted by atomic mass is 10.0. The van der Waals surface area contributed by atoms with Crippen LogP contribution in [0.1, 0.15) is 0 Å². The molecule has 1 aliphatic heterocycles. The third kappa shape index (κ3) is 2.67. The van der Waals surface area contributed by atoms with E-state index in [1.54, 1.807) is 7.11 Å². The Bertz CT molecular complexity index is 627. The number of ether oxygens (including phenoxy) is 3. The summed E-state index contributed by atoms with van der Waals surface area (Å²) >= 11 is 0. The van der Waals surface area contributed by atoms with Gasteiger partial charge in [-0.15, -0.1) is 0 Å². The molecule has 1 N–H and O–H groups in total. The second kappa shape index (κ2) is 6.06. The topological polar surface area (TPSA) is 39.7 Å². The fourth-order valence-electron chi connectivity index (χ4n) is 2.54. The van der Waals surface area contributed by atoms with Crippen LogP contribution in [0.2, 0.25) is 0 Å². The van der Waals surface area contributed by atoms with Crippen molar-refractivity contribution in [1.82, 2.24) is 5.32 Å². The van der Waals surface area contributed by atoms with E-state index in [0.717, 1.165) is 34.9 Å². The Morgan fingerprint density at radius 1 is 1.14 bits per heavy atom. The quantitative estimate of drug-likeness (QED) is 0.937. The molecule has 0 saturated carbocycles. The van der Waals surface area contributed by atoms with E-state index < -0.39 is 0 Å². The van der Waals surface area contributed by atoms with Crippen LogP contribution in [-0.4, -0.2) is 33.4 Å². The van der Waals surface area contributed by atoms with E-state index in [9.17, 15) is 0 Å². The van der Waals surface area contributed by atoms with Crippen molar-refractivity contribution in [2.45, 2.75) is 6.10 Å². The van der Waals surface area contributed by atoms with E-state index in [1.807, 2.05) is 49.5 Å². The maximum Gasteiger partial charge on any atom is 0.169 e. The molecule has 2 aromatic carbocycles. The summed E-state index contributed by atoms with van der Waals surface area (Å²) in [6.07, 6.45) is 0.0124. The molecule has 0 spiro atoms. The van der Waals surface area contributed by atoms with Crippen molar-refractivity contribution in [2.24, 2.45) is 0 Å². The summed E-state index contributed by atoms with van der Waals surface area (Å²) in [7, 11) is 3.58. The molecule has 4 heteroatoms. The zero-order valence-corrected chi connectivity index (χ0v) is 12.3. The molecule has 0 amide bonds. The van der Waals surface area contributed by atoms with E-state index in [2.05, 4.69) is 5.32 Å². The molecule has 0 saturated heterocycles. The van der Waals surface area contributed by atoms with Gasteiger partial charge in [0.1, 0.15) is 18.5 Å². The van der Waals surface area contributed by atoms with Gasteiger partial charge in [-0.1, -0.05) is 30.3 Å². The van der Waals surface area contributed by atoms with Gasteiger partial charge in [0, 0.05) is 17.7 Å². The maximum absolute atomic E-state index is 6.11. The van der Waals surface area contributed by atoms with Gasteiger partial charge in [0.05, 0.1) is 7.11 Å². The van der Waals surface area contributed by atoms with Crippen molar-refractivity contribution in [3.8, 4) is 28.4 Å². The second-order valence-electron chi connectivity index (χ2n) is 4.94. The van der Waals surface area contributed by atoms with Crippen LogP contribution in [0, 0.1) is 0 Å². The van der Waals surface area contributed by atoms with Gasteiger partial charge in [0.25, 0.3) is 0 Å². The fourth-order valence-corrected chi connectivity index (χ4v) is 2.54. The molecule has 0 fully saturated rings. The predicted octanol–water partition coefficient (Wildman–Crippen LogP) is 2.72. The van der Waals surface area contributed by atoms with Gasteiger partial charge in [-0.25, -0.2) is 0 Å². The number of fused-ring (bicyclic) bond motifs is 1. The molecule has 3 rings (SSSR count). The van der Waals surface area contributed by atoms with Crippen LogP contribution in [0.5, 0.6) is 17.2 Å². The van der Waals surface area contributed by atoms with Gasteiger partial charge < -0.3 is 19.5 Å². The van der Waals surface area contributed by atoms with Gasteiger partial charge >= 0.3 is 0 Å². The second-order valence-corrected chi connectivity index (χ2v) is 4.94. The molecule has 0 radical (unpaired) electrons. The van der Waals surface area contributed by atoms with Crippen molar-refractivity contribution >= 4 is 0 Å². The van der Waals surface area contributed by atoms with E-state index in [4.69, 9.17) is 14.2 Å². The minimum Gasteiger partial charge on any atom is -0.496 e. The first-order chi connectivity index (χ1) is 10.3. The van der Waals surface area contributed by atoms with Crippen LogP contribution >= 0.6 is 0 Å². The zero-order chi connectivity index (χ0) is 14.7. The third-order valence-electron chi connectivity index (χ3n) is 3.52. The summed E-state index contributed by atoms with van der Waals surface area (Å²) in [6.45, 7) is 1.31. The predicted molar refractivity (Wildman–Crippen MR) is 82.3 cm³/mol. The third-order valence-corrected chi connectivity index (χ3v) is 3.52. The molecule has 1 heterocycles. The maximum atomic E-state index is 6.11. The summed E-state index contributed by atoms with van der Waals surface area (Å²) in [6, 6.07) is 13.9. The summed E-state index contributed by atoms with van der Waals surface area (Å²) in [5, 5.41) is 3.12. The molecule has 2 aromatic rings. The first-order valence-electron chi connectivity index (χ1n) is 7.04. The highest BCUT2D eigenvalue weighted by molar-refractivity contribution is 5.78. The van der Waals surface area contributed by atoms with Crippen LogP contribution in [0.3, 0.4) is 0 Å². The Morgan fingerprint density at radius 2 is 1.95 bits per heavy atom. The van der Waals surface area contributed by atoms with Crippen LogP contribution < -0.4 is 19.5 Å². The summed E-state index contributed by atoms with van der Waals surface area (Å²) < 4.78 is 17.4. The van der Waals surface area contributed by atoms with Crippen molar-refractivity contribution < 1.29 is 14.2 Å². The van der Waals surface area contributed by atoms with Gasteiger partial charge in [-0.2, -0.15) is 0 Å². The monoisotopic (exact) mass is 285 g/mol. The highest BCUT2D eigenvalue weighted by Crippen LogP contribution is 2.43. The fraction of sp³-hybridized carbons (Fsp3) is 0.294. The minimum atomic E-state index is 0.0124. The molecule has 0 bridgehead atoms. The molecule has 0 aromatic heterocycles. The van der Waals surface area contributed by atoms with Crippen molar-refractivity contribution in [3.63, 3.8) is 0 Å². The zero-order valence-electron chi connectivity index (χ0n) is 12.3. The number of hydrogen-bond donors (Lipinski definition) is 1. The molecular formula is C17H19NO3. The van der Waals surface area contributed by atoms with E-state index in [1.165, 1.54) is 0 Å². The number of benzene rings is 2. The lowest BCUT2D eigenvalue weighted by Gasteiger charge is -2.28. The Balaban J connectivity index is 2.04. The largest absolute Gasteiger partial charge is 0.496 e. The lowest BCUT2D eigenvalue weighted by molar-refractivity contribution is 0.0926. The van der Waals surface area contributed by atoms with Gasteiger partial charge in [0.2, 0.25) is 0 Å². The number of nitrogens with one attached hydrogen (secondary N) is 1. The van der Waals surface area contributed by atoms with E-state index >= 15 is 0 Å². The normalized spacial score (nSPS) is 16.6. The summed E-state index contributed by atoms with van der Waals surface area (Å²) in [5.74, 6) is 2.39. The first kappa shape index (κ1) is 13.8. The smallest absolute Gasteiger partial charge is 0.169 e. The van der Waals surface area contributed by atoms with Crippen molar-refractivity contribution in [1.29, 1.82) is 0 Å². The molecule has 1 aliphatic rings. The SMILES string of the molecule is CNCC1COc2cccc(-c3ccccc3OC)c2O1. The average molecular weight is 285 g/mol. The van der Waals surface area contributed by atoms with Crippen molar-refractivity contribution in [2.75, 3.05) is 27.3 Å². The first-order valence-corrected chi connectivity index (χ1v) is 7.04. The van der Waals surface area contributed by atoms with E-state index in [-0.39, 0.29) is 6.10 Å². The molecule has 110 valence electrons. The Morgan fingerprint density at radius 3 is 2.76 bits per heavy atom. The average Bonchev–Trinajstić information content (AvgIpc) is 2.54. The molecule has 21 heavy (non-hydrogen) atoms. The highest BCUT2D eigenvalue weighted by atomic mass is 16.6. The Labute approximate surface area is 124 Å².